The zero-order chi connectivity index (χ0) is 15.0. The Bertz CT molecular complexity index is 462. The quantitative estimate of drug-likeness (QED) is 0.736. The number of benzene rings is 1. The summed E-state index contributed by atoms with van der Waals surface area (Å²) in [5.41, 5.74) is 0.771. The molecule has 0 unspecified atom stereocenters. The zero-order valence-electron chi connectivity index (χ0n) is 12.3. The number of rotatable bonds is 8. The number of carboxylic acid groups (broad SMARTS) is 1. The highest BCUT2D eigenvalue weighted by atomic mass is 16.5. The van der Waals surface area contributed by atoms with Gasteiger partial charge in [-0.05, 0) is 43.5 Å². The molecule has 4 nitrogen and oxygen atoms in total. The first-order chi connectivity index (χ1) is 9.60. The Morgan fingerprint density at radius 1 is 1.25 bits per heavy atom. The minimum atomic E-state index is -0.972. The zero-order valence-corrected chi connectivity index (χ0v) is 12.3. The van der Waals surface area contributed by atoms with E-state index in [1.807, 2.05) is 19.1 Å². The summed E-state index contributed by atoms with van der Waals surface area (Å²) < 4.78 is 11.5. The average Bonchev–Trinajstić information content (AvgIpc) is 2.44. The van der Waals surface area contributed by atoms with Gasteiger partial charge >= 0.3 is 5.97 Å². The summed E-state index contributed by atoms with van der Waals surface area (Å²) in [7, 11) is 0. The Labute approximate surface area is 120 Å². The Balaban J connectivity index is 2.97. The molecule has 0 saturated carbocycles. The molecule has 4 heteroatoms. The number of carboxylic acids is 1. The van der Waals surface area contributed by atoms with Crippen LogP contribution in [0, 0.1) is 0 Å². The predicted molar refractivity (Wildman–Crippen MR) is 79.3 cm³/mol. The highest BCUT2D eigenvalue weighted by Crippen LogP contribution is 2.30. The van der Waals surface area contributed by atoms with Gasteiger partial charge in [0.25, 0.3) is 0 Å². The van der Waals surface area contributed by atoms with Gasteiger partial charge < -0.3 is 14.6 Å². The van der Waals surface area contributed by atoms with E-state index in [-0.39, 0.29) is 6.10 Å². The Morgan fingerprint density at radius 3 is 2.50 bits per heavy atom. The summed E-state index contributed by atoms with van der Waals surface area (Å²) in [4.78, 5) is 10.5. The second-order valence-electron chi connectivity index (χ2n) is 4.37. The molecular weight excluding hydrogens is 256 g/mol. The molecule has 1 aromatic rings. The monoisotopic (exact) mass is 278 g/mol. The van der Waals surface area contributed by atoms with Crippen LogP contribution in [0.25, 0.3) is 6.08 Å². The lowest BCUT2D eigenvalue weighted by molar-refractivity contribution is -0.131. The third-order valence-corrected chi connectivity index (χ3v) is 2.89. The summed E-state index contributed by atoms with van der Waals surface area (Å²) in [6, 6.07) is 5.44. The summed E-state index contributed by atoms with van der Waals surface area (Å²) >= 11 is 0. The molecule has 1 rings (SSSR count). The van der Waals surface area contributed by atoms with Crippen LogP contribution < -0.4 is 9.47 Å². The van der Waals surface area contributed by atoms with Gasteiger partial charge in [-0.1, -0.05) is 19.9 Å². The Kier molecular flexibility index (Phi) is 6.64. The fourth-order valence-corrected chi connectivity index (χ4v) is 1.80. The number of hydrogen-bond acceptors (Lipinski definition) is 3. The van der Waals surface area contributed by atoms with Gasteiger partial charge in [0.15, 0.2) is 11.5 Å². The lowest BCUT2D eigenvalue weighted by atomic mass is 10.1. The summed E-state index contributed by atoms with van der Waals surface area (Å²) in [6.07, 6.45) is 4.67. The maximum atomic E-state index is 10.5. The fourth-order valence-electron chi connectivity index (χ4n) is 1.80. The second-order valence-corrected chi connectivity index (χ2v) is 4.37. The summed E-state index contributed by atoms with van der Waals surface area (Å²) in [6.45, 7) is 6.60. The van der Waals surface area contributed by atoms with Gasteiger partial charge in [0, 0.05) is 6.08 Å². The molecule has 0 aliphatic rings. The first kappa shape index (κ1) is 16.1. The van der Waals surface area contributed by atoms with Crippen LogP contribution in [0.5, 0.6) is 11.5 Å². The Morgan fingerprint density at radius 2 is 1.95 bits per heavy atom. The topological polar surface area (TPSA) is 55.8 Å². The molecule has 1 N–H and O–H groups in total. The smallest absolute Gasteiger partial charge is 0.328 e. The number of ether oxygens (including phenoxy) is 2. The molecule has 1 aromatic carbocycles. The third-order valence-electron chi connectivity index (χ3n) is 2.89. The first-order valence-corrected chi connectivity index (χ1v) is 6.95. The van der Waals surface area contributed by atoms with E-state index < -0.39 is 5.97 Å². The van der Waals surface area contributed by atoms with E-state index >= 15 is 0 Å². The fraction of sp³-hybridized carbons (Fsp3) is 0.438. The van der Waals surface area contributed by atoms with Crippen molar-refractivity contribution in [3.8, 4) is 11.5 Å². The van der Waals surface area contributed by atoms with Crippen molar-refractivity contribution in [1.82, 2.24) is 0 Å². The van der Waals surface area contributed by atoms with Gasteiger partial charge in [0.1, 0.15) is 0 Å². The molecular formula is C16H22O4. The van der Waals surface area contributed by atoms with E-state index in [1.165, 1.54) is 6.08 Å². The molecule has 0 fully saturated rings. The highest BCUT2D eigenvalue weighted by Gasteiger charge is 2.10. The normalized spacial score (nSPS) is 11.0. The number of carbonyl (C=O) groups is 1. The number of aliphatic carboxylic acids is 1. The first-order valence-electron chi connectivity index (χ1n) is 6.95. The second kappa shape index (κ2) is 8.25. The van der Waals surface area contributed by atoms with Crippen molar-refractivity contribution in [2.75, 3.05) is 6.61 Å². The van der Waals surface area contributed by atoms with Gasteiger partial charge in [-0.15, -0.1) is 0 Å². The maximum absolute atomic E-state index is 10.5. The maximum Gasteiger partial charge on any atom is 0.328 e. The van der Waals surface area contributed by atoms with Crippen LogP contribution in [-0.2, 0) is 4.79 Å². The van der Waals surface area contributed by atoms with Crippen molar-refractivity contribution in [3.63, 3.8) is 0 Å². The van der Waals surface area contributed by atoms with Crippen molar-refractivity contribution in [2.24, 2.45) is 0 Å². The molecule has 110 valence electrons. The molecule has 0 spiro atoms. The largest absolute Gasteiger partial charge is 0.490 e. The van der Waals surface area contributed by atoms with Crippen molar-refractivity contribution >= 4 is 12.0 Å². The van der Waals surface area contributed by atoms with Crippen LogP contribution in [0.15, 0.2) is 24.3 Å². The minimum Gasteiger partial charge on any atom is -0.490 e. The minimum absolute atomic E-state index is 0.162. The number of hydrogen-bond donors (Lipinski definition) is 1. The summed E-state index contributed by atoms with van der Waals surface area (Å²) in [5, 5.41) is 8.64. The van der Waals surface area contributed by atoms with E-state index in [2.05, 4.69) is 13.8 Å². The van der Waals surface area contributed by atoms with Crippen LogP contribution >= 0.6 is 0 Å². The molecule has 0 atom stereocenters. The molecule has 20 heavy (non-hydrogen) atoms. The van der Waals surface area contributed by atoms with Gasteiger partial charge in [-0.25, -0.2) is 4.79 Å². The molecule has 0 radical (unpaired) electrons. The van der Waals surface area contributed by atoms with Gasteiger partial charge in [-0.2, -0.15) is 0 Å². The average molecular weight is 278 g/mol. The molecule has 0 heterocycles. The van der Waals surface area contributed by atoms with Crippen LogP contribution in [-0.4, -0.2) is 23.8 Å². The lowest BCUT2D eigenvalue weighted by Gasteiger charge is -2.18. The van der Waals surface area contributed by atoms with E-state index in [9.17, 15) is 4.79 Å². The van der Waals surface area contributed by atoms with Crippen molar-refractivity contribution in [2.45, 2.75) is 39.7 Å². The molecule has 0 aromatic heterocycles. The van der Waals surface area contributed by atoms with Crippen LogP contribution in [0.4, 0.5) is 0 Å². The van der Waals surface area contributed by atoms with Gasteiger partial charge in [0.2, 0.25) is 0 Å². The SMILES string of the molecule is CCOc1cc(/C=C/C(=O)O)ccc1OC(CC)CC. The van der Waals surface area contributed by atoms with Crippen molar-refractivity contribution in [3.05, 3.63) is 29.8 Å². The van der Waals surface area contributed by atoms with Gasteiger partial charge in [-0.3, -0.25) is 0 Å². The van der Waals surface area contributed by atoms with Crippen LogP contribution in [0.1, 0.15) is 39.2 Å². The van der Waals surface area contributed by atoms with E-state index in [0.717, 1.165) is 24.5 Å². The summed E-state index contributed by atoms with van der Waals surface area (Å²) in [5.74, 6) is 0.375. The molecule has 0 aliphatic carbocycles. The molecule has 0 saturated heterocycles. The van der Waals surface area contributed by atoms with Crippen molar-refractivity contribution in [1.29, 1.82) is 0 Å². The van der Waals surface area contributed by atoms with E-state index in [0.29, 0.717) is 18.1 Å². The van der Waals surface area contributed by atoms with Crippen molar-refractivity contribution < 1.29 is 19.4 Å². The molecule has 0 aliphatic heterocycles. The van der Waals surface area contributed by atoms with Crippen LogP contribution in [0.3, 0.4) is 0 Å². The lowest BCUT2D eigenvalue weighted by Crippen LogP contribution is -2.14. The molecule has 0 bridgehead atoms. The van der Waals surface area contributed by atoms with E-state index in [4.69, 9.17) is 14.6 Å². The standard InChI is InChI=1S/C16H22O4/c1-4-13(5-2)20-14-9-7-12(8-10-16(17)18)11-15(14)19-6-3/h7-11,13H,4-6H2,1-3H3,(H,17,18)/b10-8+. The van der Waals surface area contributed by atoms with Crippen LogP contribution in [0.2, 0.25) is 0 Å². The molecule has 0 amide bonds. The third kappa shape index (κ3) is 4.96. The highest BCUT2D eigenvalue weighted by molar-refractivity contribution is 5.85. The van der Waals surface area contributed by atoms with E-state index in [1.54, 1.807) is 6.07 Å². The predicted octanol–water partition coefficient (Wildman–Crippen LogP) is 3.75. The Hall–Kier alpha value is -1.97. The van der Waals surface area contributed by atoms with Gasteiger partial charge in [0.05, 0.1) is 12.7 Å².